The number of nitrogens with one attached hydrogen (secondary N) is 1. The van der Waals surface area contributed by atoms with E-state index in [2.05, 4.69) is 19.2 Å². The zero-order valence-corrected chi connectivity index (χ0v) is 11.1. The van der Waals surface area contributed by atoms with Crippen LogP contribution in [-0.4, -0.2) is 29.5 Å². The molecule has 0 spiro atoms. The quantitative estimate of drug-likeness (QED) is 0.761. The van der Waals surface area contributed by atoms with Crippen molar-refractivity contribution >= 4 is 0 Å². The van der Waals surface area contributed by atoms with Gasteiger partial charge in [-0.3, -0.25) is 0 Å². The average Bonchev–Trinajstić information content (AvgIpc) is 2.34. The number of benzene rings is 1. The van der Waals surface area contributed by atoms with E-state index in [0.717, 1.165) is 12.0 Å². The lowest BCUT2D eigenvalue weighted by Crippen LogP contribution is -2.59. The summed E-state index contributed by atoms with van der Waals surface area (Å²) in [5.41, 5.74) is 0.930. The van der Waals surface area contributed by atoms with Crippen LogP contribution in [0.1, 0.15) is 25.8 Å². The minimum atomic E-state index is -0.223. The van der Waals surface area contributed by atoms with Crippen molar-refractivity contribution in [2.24, 2.45) is 5.41 Å². The van der Waals surface area contributed by atoms with E-state index in [0.29, 0.717) is 18.3 Å². The van der Waals surface area contributed by atoms with Gasteiger partial charge in [0.25, 0.3) is 0 Å². The molecule has 1 aliphatic carbocycles. The molecule has 4 nitrogen and oxygen atoms in total. The van der Waals surface area contributed by atoms with Gasteiger partial charge in [0.15, 0.2) is 11.5 Å². The molecule has 1 saturated carbocycles. The molecule has 0 saturated heterocycles. The zero-order chi connectivity index (χ0) is 13.3. The van der Waals surface area contributed by atoms with Crippen LogP contribution in [0, 0.1) is 5.41 Å². The van der Waals surface area contributed by atoms with Crippen LogP contribution < -0.4 is 10.1 Å². The molecule has 2 unspecified atom stereocenters. The maximum absolute atomic E-state index is 9.68. The number of ether oxygens (including phenoxy) is 1. The monoisotopic (exact) mass is 251 g/mol. The van der Waals surface area contributed by atoms with Crippen LogP contribution >= 0.6 is 0 Å². The first kappa shape index (κ1) is 13.2. The molecule has 1 aromatic carbocycles. The first-order valence-electron chi connectivity index (χ1n) is 6.22. The molecule has 0 radical (unpaired) electrons. The van der Waals surface area contributed by atoms with Crippen molar-refractivity contribution < 1.29 is 14.9 Å². The van der Waals surface area contributed by atoms with E-state index in [1.807, 2.05) is 6.07 Å². The molecule has 0 aliphatic heterocycles. The highest BCUT2D eigenvalue weighted by Gasteiger charge is 2.46. The van der Waals surface area contributed by atoms with E-state index < -0.39 is 0 Å². The molecule has 0 aromatic heterocycles. The predicted molar refractivity (Wildman–Crippen MR) is 69.7 cm³/mol. The van der Waals surface area contributed by atoms with Gasteiger partial charge in [0.05, 0.1) is 13.2 Å². The summed E-state index contributed by atoms with van der Waals surface area (Å²) in [6.07, 6.45) is 0.564. The fourth-order valence-corrected chi connectivity index (χ4v) is 2.34. The van der Waals surface area contributed by atoms with E-state index in [1.54, 1.807) is 12.1 Å². The van der Waals surface area contributed by atoms with Crippen molar-refractivity contribution in [3.8, 4) is 11.5 Å². The Labute approximate surface area is 108 Å². The Morgan fingerprint density at radius 1 is 1.44 bits per heavy atom. The minimum absolute atomic E-state index is 0.0749. The standard InChI is InChI=1S/C14H21NO3/c1-14(2)12(7-13(14)17)15-8-9-4-5-11(18-3)10(16)6-9/h4-6,12-13,15-17H,7-8H2,1-3H3. The van der Waals surface area contributed by atoms with Gasteiger partial charge in [0.1, 0.15) is 0 Å². The van der Waals surface area contributed by atoms with Crippen molar-refractivity contribution in [1.29, 1.82) is 0 Å². The second kappa shape index (κ2) is 4.78. The molecule has 2 atom stereocenters. The third kappa shape index (κ3) is 2.31. The molecule has 3 N–H and O–H groups in total. The molecule has 100 valence electrons. The van der Waals surface area contributed by atoms with Crippen LogP contribution in [0.2, 0.25) is 0 Å². The van der Waals surface area contributed by atoms with E-state index >= 15 is 0 Å². The van der Waals surface area contributed by atoms with Crippen molar-refractivity contribution in [3.05, 3.63) is 23.8 Å². The van der Waals surface area contributed by atoms with Gasteiger partial charge in [-0.1, -0.05) is 19.9 Å². The number of hydrogen-bond donors (Lipinski definition) is 3. The number of methoxy groups -OCH3 is 1. The molecular formula is C14H21NO3. The largest absolute Gasteiger partial charge is 0.504 e. The summed E-state index contributed by atoms with van der Waals surface area (Å²) < 4.78 is 5.00. The number of hydrogen-bond acceptors (Lipinski definition) is 4. The fourth-order valence-electron chi connectivity index (χ4n) is 2.34. The van der Waals surface area contributed by atoms with Gasteiger partial charge in [-0.2, -0.15) is 0 Å². The zero-order valence-electron chi connectivity index (χ0n) is 11.1. The van der Waals surface area contributed by atoms with Gasteiger partial charge >= 0.3 is 0 Å². The van der Waals surface area contributed by atoms with Crippen LogP contribution in [0.5, 0.6) is 11.5 Å². The number of aliphatic hydroxyl groups is 1. The van der Waals surface area contributed by atoms with Gasteiger partial charge in [0.2, 0.25) is 0 Å². The summed E-state index contributed by atoms with van der Waals surface area (Å²) >= 11 is 0. The highest BCUT2D eigenvalue weighted by Crippen LogP contribution is 2.40. The lowest BCUT2D eigenvalue weighted by molar-refractivity contribution is -0.0729. The third-order valence-corrected chi connectivity index (χ3v) is 4.01. The van der Waals surface area contributed by atoms with E-state index in [9.17, 15) is 10.2 Å². The van der Waals surface area contributed by atoms with Gasteiger partial charge in [-0.25, -0.2) is 0 Å². The van der Waals surface area contributed by atoms with Crippen LogP contribution in [-0.2, 0) is 6.54 Å². The van der Waals surface area contributed by atoms with Crippen molar-refractivity contribution in [1.82, 2.24) is 5.32 Å². The van der Waals surface area contributed by atoms with Crippen LogP contribution in [0.3, 0.4) is 0 Å². The maximum atomic E-state index is 9.68. The Morgan fingerprint density at radius 2 is 2.17 bits per heavy atom. The summed E-state index contributed by atoms with van der Waals surface area (Å²) in [5, 5.41) is 22.7. The van der Waals surface area contributed by atoms with Crippen LogP contribution in [0.15, 0.2) is 18.2 Å². The average molecular weight is 251 g/mol. The molecule has 4 heteroatoms. The molecule has 0 bridgehead atoms. The van der Waals surface area contributed by atoms with E-state index in [4.69, 9.17) is 4.74 Å². The molecule has 2 rings (SSSR count). The summed E-state index contributed by atoms with van der Waals surface area (Å²) in [7, 11) is 1.53. The highest BCUT2D eigenvalue weighted by atomic mass is 16.5. The Bertz CT molecular complexity index is 431. The summed E-state index contributed by atoms with van der Waals surface area (Å²) in [6.45, 7) is 4.80. The summed E-state index contributed by atoms with van der Waals surface area (Å²) in [4.78, 5) is 0. The molecular weight excluding hydrogens is 230 g/mol. The molecule has 1 aliphatic rings. The minimum Gasteiger partial charge on any atom is -0.504 e. The summed E-state index contributed by atoms with van der Waals surface area (Å²) in [6, 6.07) is 5.70. The van der Waals surface area contributed by atoms with Gasteiger partial charge < -0.3 is 20.3 Å². The number of aromatic hydroxyl groups is 1. The molecule has 1 aromatic rings. The van der Waals surface area contributed by atoms with Gasteiger partial charge in [0, 0.05) is 18.0 Å². The smallest absolute Gasteiger partial charge is 0.160 e. The first-order valence-corrected chi connectivity index (χ1v) is 6.22. The second-order valence-electron chi connectivity index (χ2n) is 5.51. The Morgan fingerprint density at radius 3 is 2.67 bits per heavy atom. The fraction of sp³-hybridized carbons (Fsp3) is 0.571. The Hall–Kier alpha value is -1.26. The number of phenols is 1. The molecule has 1 fully saturated rings. The van der Waals surface area contributed by atoms with Gasteiger partial charge in [-0.05, 0) is 24.1 Å². The first-order chi connectivity index (χ1) is 8.45. The number of phenolic OH excluding ortho intramolecular Hbond substituents is 1. The molecule has 18 heavy (non-hydrogen) atoms. The van der Waals surface area contributed by atoms with Crippen molar-refractivity contribution in [3.63, 3.8) is 0 Å². The van der Waals surface area contributed by atoms with E-state index in [1.165, 1.54) is 7.11 Å². The van der Waals surface area contributed by atoms with Crippen molar-refractivity contribution in [2.45, 2.75) is 39.0 Å². The van der Waals surface area contributed by atoms with E-state index in [-0.39, 0.29) is 17.3 Å². The Balaban J connectivity index is 1.93. The molecule has 0 heterocycles. The van der Waals surface area contributed by atoms with Crippen LogP contribution in [0.25, 0.3) is 0 Å². The SMILES string of the molecule is COc1ccc(CNC2CC(O)C2(C)C)cc1O. The topological polar surface area (TPSA) is 61.7 Å². The lowest BCUT2D eigenvalue weighted by Gasteiger charge is -2.49. The third-order valence-electron chi connectivity index (χ3n) is 4.01. The number of rotatable bonds is 4. The van der Waals surface area contributed by atoms with Gasteiger partial charge in [-0.15, -0.1) is 0 Å². The van der Waals surface area contributed by atoms with Crippen LogP contribution in [0.4, 0.5) is 0 Å². The number of aliphatic hydroxyl groups excluding tert-OH is 1. The Kier molecular flexibility index (Phi) is 3.50. The summed E-state index contributed by atoms with van der Waals surface area (Å²) in [5.74, 6) is 0.642. The highest BCUT2D eigenvalue weighted by molar-refractivity contribution is 5.41. The predicted octanol–water partition coefficient (Wildman–Crippen LogP) is 1.65. The normalized spacial score (nSPS) is 25.6. The lowest BCUT2D eigenvalue weighted by atomic mass is 9.64. The van der Waals surface area contributed by atoms with Crippen molar-refractivity contribution in [2.75, 3.05) is 7.11 Å². The molecule has 0 amide bonds. The second-order valence-corrected chi connectivity index (χ2v) is 5.51. The maximum Gasteiger partial charge on any atom is 0.160 e.